The van der Waals surface area contributed by atoms with Gasteiger partial charge in [-0.15, -0.1) is 0 Å². The number of cyclic esters (lactones) is 2. The van der Waals surface area contributed by atoms with Gasteiger partial charge in [0.2, 0.25) is 0 Å². The van der Waals surface area contributed by atoms with Crippen LogP contribution in [0, 0.1) is 0 Å². The van der Waals surface area contributed by atoms with Gasteiger partial charge in [-0.1, -0.05) is 24.3 Å². The van der Waals surface area contributed by atoms with Crippen LogP contribution in [0.15, 0.2) is 58.7 Å². The van der Waals surface area contributed by atoms with Crippen molar-refractivity contribution in [3.8, 4) is 0 Å². The average molecular weight is 212 g/mol. The zero-order valence-electron chi connectivity index (χ0n) is 8.40. The number of esters is 2. The van der Waals surface area contributed by atoms with Gasteiger partial charge in [-0.3, -0.25) is 0 Å². The quantitative estimate of drug-likeness (QED) is 0.454. The zero-order valence-corrected chi connectivity index (χ0v) is 8.40. The van der Waals surface area contributed by atoms with Crippen LogP contribution in [-0.4, -0.2) is 11.9 Å². The maximum absolute atomic E-state index is 11.4. The van der Waals surface area contributed by atoms with E-state index in [0.29, 0.717) is 11.1 Å². The summed E-state index contributed by atoms with van der Waals surface area (Å²) in [6, 6.07) is 0. The molecule has 3 heteroatoms. The Morgan fingerprint density at radius 3 is 1.88 bits per heavy atom. The molecule has 0 saturated carbocycles. The molecule has 3 aliphatic rings. The summed E-state index contributed by atoms with van der Waals surface area (Å²) in [7, 11) is 0. The molecule has 0 unspecified atom stereocenters. The molecule has 16 heavy (non-hydrogen) atoms. The fourth-order valence-electron chi connectivity index (χ4n) is 1.97. The monoisotopic (exact) mass is 212 g/mol. The highest BCUT2D eigenvalue weighted by molar-refractivity contribution is 6.18. The molecule has 0 aromatic heterocycles. The van der Waals surface area contributed by atoms with Crippen molar-refractivity contribution in [2.75, 3.05) is 0 Å². The first-order valence-electron chi connectivity index (χ1n) is 5.01. The first-order chi connectivity index (χ1) is 7.74. The Kier molecular flexibility index (Phi) is 1.80. The maximum Gasteiger partial charge on any atom is 0.346 e. The van der Waals surface area contributed by atoms with Crippen molar-refractivity contribution >= 4 is 11.9 Å². The molecule has 1 aliphatic heterocycles. The van der Waals surface area contributed by atoms with Crippen molar-refractivity contribution in [3.63, 3.8) is 0 Å². The van der Waals surface area contributed by atoms with E-state index in [9.17, 15) is 9.59 Å². The minimum absolute atomic E-state index is 0.370. The van der Waals surface area contributed by atoms with Crippen LogP contribution in [0.25, 0.3) is 0 Å². The van der Waals surface area contributed by atoms with Gasteiger partial charge in [-0.2, -0.15) is 0 Å². The molecule has 1 heterocycles. The number of rotatable bonds is 0. The summed E-state index contributed by atoms with van der Waals surface area (Å²) in [5.74, 6) is -1.10. The molecule has 2 aliphatic carbocycles. The first kappa shape index (κ1) is 9.09. The molecule has 3 rings (SSSR count). The highest BCUT2D eigenvalue weighted by atomic mass is 16.6. The molecule has 2 bridgehead atoms. The Balaban J connectivity index is 2.24. The Bertz CT molecular complexity index is 506. The van der Waals surface area contributed by atoms with Crippen LogP contribution < -0.4 is 0 Å². The SMILES string of the molecule is O=C1OC(=O)C2=CC3=CC=CC=C(C=C12)C3. The van der Waals surface area contributed by atoms with E-state index in [2.05, 4.69) is 4.74 Å². The fourth-order valence-corrected chi connectivity index (χ4v) is 1.97. The first-order valence-corrected chi connectivity index (χ1v) is 5.01. The van der Waals surface area contributed by atoms with Crippen molar-refractivity contribution in [2.45, 2.75) is 6.42 Å². The van der Waals surface area contributed by atoms with Gasteiger partial charge in [-0.25, -0.2) is 9.59 Å². The van der Waals surface area contributed by atoms with E-state index in [1.807, 2.05) is 24.3 Å². The van der Waals surface area contributed by atoms with Gasteiger partial charge in [0.15, 0.2) is 0 Å². The van der Waals surface area contributed by atoms with Crippen LogP contribution in [0.1, 0.15) is 6.42 Å². The predicted molar refractivity (Wildman–Crippen MR) is 57.2 cm³/mol. The lowest BCUT2D eigenvalue weighted by Crippen LogP contribution is -1.98. The lowest BCUT2D eigenvalue weighted by atomic mass is 10.1. The summed E-state index contributed by atoms with van der Waals surface area (Å²) in [5.41, 5.74) is 2.76. The number of hydrogen-bond acceptors (Lipinski definition) is 3. The van der Waals surface area contributed by atoms with Gasteiger partial charge in [-0.05, 0) is 29.7 Å². The van der Waals surface area contributed by atoms with Gasteiger partial charge < -0.3 is 4.74 Å². The second-order valence-electron chi connectivity index (χ2n) is 3.84. The van der Waals surface area contributed by atoms with Gasteiger partial charge >= 0.3 is 11.9 Å². The van der Waals surface area contributed by atoms with Crippen molar-refractivity contribution < 1.29 is 14.3 Å². The molecule has 78 valence electrons. The highest BCUT2D eigenvalue weighted by Crippen LogP contribution is 2.31. The predicted octanol–water partition coefficient (Wildman–Crippen LogP) is 1.75. The minimum atomic E-state index is -0.548. The van der Waals surface area contributed by atoms with Crippen LogP contribution in [0.2, 0.25) is 0 Å². The van der Waals surface area contributed by atoms with Gasteiger partial charge in [0, 0.05) is 0 Å². The van der Waals surface area contributed by atoms with E-state index in [0.717, 1.165) is 17.6 Å². The fraction of sp³-hybridized carbons (Fsp3) is 0.0769. The number of ether oxygens (including phenoxy) is 1. The number of allylic oxidation sites excluding steroid dienone is 8. The number of carbonyl (C=O) groups excluding carboxylic acids is 2. The molecule has 0 aromatic carbocycles. The summed E-state index contributed by atoms with van der Waals surface area (Å²) in [6.45, 7) is 0. The summed E-state index contributed by atoms with van der Waals surface area (Å²) in [5, 5.41) is 0. The molecule has 0 N–H and O–H groups in total. The summed E-state index contributed by atoms with van der Waals surface area (Å²) >= 11 is 0. The molecule has 1 saturated heterocycles. The van der Waals surface area contributed by atoms with Crippen LogP contribution in [0.4, 0.5) is 0 Å². The Morgan fingerprint density at radius 1 is 0.875 bits per heavy atom. The normalized spacial score (nSPS) is 22.2. The zero-order chi connectivity index (χ0) is 11.1. The van der Waals surface area contributed by atoms with E-state index < -0.39 is 11.9 Å². The Hall–Kier alpha value is -2.16. The lowest BCUT2D eigenvalue weighted by Gasteiger charge is -1.98. The smallest absolute Gasteiger partial charge is 0.346 e. The molecule has 0 atom stereocenters. The molecule has 0 radical (unpaired) electrons. The third-order valence-corrected chi connectivity index (χ3v) is 2.71. The molecule has 3 nitrogen and oxygen atoms in total. The van der Waals surface area contributed by atoms with Gasteiger partial charge in [0.25, 0.3) is 0 Å². The second kappa shape index (κ2) is 3.17. The van der Waals surface area contributed by atoms with Gasteiger partial charge in [0.05, 0.1) is 11.1 Å². The third kappa shape index (κ3) is 1.29. The Labute approximate surface area is 92.1 Å². The van der Waals surface area contributed by atoms with Crippen molar-refractivity contribution in [3.05, 3.63) is 58.7 Å². The molecular weight excluding hydrogens is 204 g/mol. The standard InChI is InChI=1S/C13H8O3/c14-12-10-6-8-3-1-2-4-9(5-8)7-11(10)13(15)16-12/h1-4,6-7H,5H2. The number of carbonyl (C=O) groups is 2. The van der Waals surface area contributed by atoms with Gasteiger partial charge in [0.1, 0.15) is 0 Å². The summed E-state index contributed by atoms with van der Waals surface area (Å²) < 4.78 is 4.58. The minimum Gasteiger partial charge on any atom is -0.386 e. The molecular formula is C13H8O3. The van der Waals surface area contributed by atoms with E-state index in [-0.39, 0.29) is 0 Å². The summed E-state index contributed by atoms with van der Waals surface area (Å²) in [6.07, 6.45) is 11.9. The maximum atomic E-state index is 11.4. The van der Waals surface area contributed by atoms with E-state index >= 15 is 0 Å². The molecule has 0 amide bonds. The van der Waals surface area contributed by atoms with Crippen molar-refractivity contribution in [1.82, 2.24) is 0 Å². The number of fused-ring (bicyclic) bond motifs is 3. The largest absolute Gasteiger partial charge is 0.386 e. The molecule has 0 aromatic rings. The van der Waals surface area contributed by atoms with E-state index in [4.69, 9.17) is 0 Å². The Morgan fingerprint density at radius 2 is 1.38 bits per heavy atom. The molecule has 1 fully saturated rings. The average Bonchev–Trinajstić information content (AvgIpc) is 2.52. The topological polar surface area (TPSA) is 43.4 Å². The van der Waals surface area contributed by atoms with Crippen LogP contribution in [-0.2, 0) is 14.3 Å². The van der Waals surface area contributed by atoms with Crippen LogP contribution >= 0.6 is 0 Å². The summed E-state index contributed by atoms with van der Waals surface area (Å²) in [4.78, 5) is 22.9. The van der Waals surface area contributed by atoms with E-state index in [1.165, 1.54) is 0 Å². The van der Waals surface area contributed by atoms with E-state index in [1.54, 1.807) is 12.2 Å². The second-order valence-corrected chi connectivity index (χ2v) is 3.84. The molecule has 0 spiro atoms. The number of hydrogen-bond donors (Lipinski definition) is 0. The third-order valence-electron chi connectivity index (χ3n) is 2.71. The van der Waals surface area contributed by atoms with Crippen LogP contribution in [0.5, 0.6) is 0 Å². The highest BCUT2D eigenvalue weighted by Gasteiger charge is 2.34. The lowest BCUT2D eigenvalue weighted by molar-refractivity contribution is -0.149. The van der Waals surface area contributed by atoms with Crippen molar-refractivity contribution in [2.24, 2.45) is 0 Å². The van der Waals surface area contributed by atoms with Crippen LogP contribution in [0.3, 0.4) is 0 Å². The van der Waals surface area contributed by atoms with Crippen molar-refractivity contribution in [1.29, 1.82) is 0 Å².